The van der Waals surface area contributed by atoms with Crippen molar-refractivity contribution >= 4 is 11.1 Å². The van der Waals surface area contributed by atoms with E-state index in [-0.39, 0.29) is 5.56 Å². The van der Waals surface area contributed by atoms with Crippen molar-refractivity contribution in [3.8, 4) is 0 Å². The molecule has 0 radical (unpaired) electrons. The van der Waals surface area contributed by atoms with E-state index >= 15 is 0 Å². The fourth-order valence-electron chi connectivity index (χ4n) is 2.74. The number of nitrogens with one attached hydrogen (secondary N) is 1. The van der Waals surface area contributed by atoms with Crippen LogP contribution in [0.4, 0.5) is 13.2 Å². The van der Waals surface area contributed by atoms with E-state index in [1.54, 1.807) is 19.1 Å². The molecule has 1 heterocycles. The lowest BCUT2D eigenvalue weighted by Crippen LogP contribution is -2.31. The Balaban J connectivity index is 2.29. The topological polar surface area (TPSA) is 15.3 Å². The minimum absolute atomic E-state index is 0.288. The molecule has 0 fully saturated rings. The van der Waals surface area contributed by atoms with Gasteiger partial charge in [-0.15, -0.1) is 0 Å². The van der Waals surface area contributed by atoms with Gasteiger partial charge < -0.3 is 5.43 Å². The fraction of sp³-hybridized carbons (Fsp3) is 0.286. The Hall–Kier alpha value is -1.75. The summed E-state index contributed by atoms with van der Waals surface area (Å²) in [5.41, 5.74) is 5.84. The van der Waals surface area contributed by atoms with Crippen LogP contribution in [-0.4, -0.2) is 18.2 Å². The first kappa shape index (κ1) is 12.3. The molecule has 1 aliphatic carbocycles. The number of hydrogen-bond donors (Lipinski definition) is 1. The van der Waals surface area contributed by atoms with Crippen molar-refractivity contribution in [2.75, 3.05) is 7.05 Å². The number of hydrazine groups is 1. The monoisotopic (exact) mass is 266 g/mol. The molecular weight excluding hydrogens is 253 g/mol. The van der Waals surface area contributed by atoms with Gasteiger partial charge in [-0.3, -0.25) is 0 Å². The highest BCUT2D eigenvalue weighted by Crippen LogP contribution is 2.46. The van der Waals surface area contributed by atoms with E-state index in [0.29, 0.717) is 17.7 Å². The maximum atomic E-state index is 13.1. The molecule has 0 spiro atoms. The van der Waals surface area contributed by atoms with E-state index in [4.69, 9.17) is 0 Å². The smallest absolute Gasteiger partial charge is 0.323 e. The van der Waals surface area contributed by atoms with E-state index in [0.717, 1.165) is 11.3 Å². The first-order valence-electron chi connectivity index (χ1n) is 5.98. The van der Waals surface area contributed by atoms with Crippen LogP contribution >= 0.6 is 0 Å². The predicted molar refractivity (Wildman–Crippen MR) is 67.7 cm³/mol. The highest BCUT2D eigenvalue weighted by Gasteiger charge is 2.40. The highest BCUT2D eigenvalue weighted by molar-refractivity contribution is 5.99. The summed E-state index contributed by atoms with van der Waals surface area (Å²) in [5, 5.41) is 1.87. The van der Waals surface area contributed by atoms with E-state index in [1.165, 1.54) is 6.08 Å². The number of allylic oxidation sites excluding steroid dienone is 4. The Morgan fingerprint density at radius 2 is 2.00 bits per heavy atom. The van der Waals surface area contributed by atoms with E-state index in [1.807, 2.05) is 18.1 Å². The average Bonchev–Trinajstić information content (AvgIpc) is 2.63. The van der Waals surface area contributed by atoms with E-state index in [2.05, 4.69) is 5.43 Å². The van der Waals surface area contributed by atoms with Crippen LogP contribution in [0.15, 0.2) is 30.0 Å². The Morgan fingerprint density at radius 3 is 2.68 bits per heavy atom. The minimum Gasteiger partial charge on any atom is -0.323 e. The van der Waals surface area contributed by atoms with Gasteiger partial charge >= 0.3 is 6.18 Å². The predicted octanol–water partition coefficient (Wildman–Crippen LogP) is 3.33. The lowest BCUT2D eigenvalue weighted by Gasteiger charge is -2.18. The number of benzene rings is 1. The maximum Gasteiger partial charge on any atom is 0.417 e. The largest absolute Gasteiger partial charge is 0.417 e. The molecule has 100 valence electrons. The zero-order valence-corrected chi connectivity index (χ0v) is 10.6. The maximum absolute atomic E-state index is 13.1. The summed E-state index contributed by atoms with van der Waals surface area (Å²) in [6.45, 7) is 2.37. The van der Waals surface area contributed by atoms with Gasteiger partial charge in [0.15, 0.2) is 0 Å². The molecule has 5 heteroatoms. The summed E-state index contributed by atoms with van der Waals surface area (Å²) in [5.74, 6) is 0. The van der Waals surface area contributed by atoms with Gasteiger partial charge in [-0.2, -0.15) is 13.2 Å². The zero-order chi connectivity index (χ0) is 13.8. The summed E-state index contributed by atoms with van der Waals surface area (Å²) in [6, 6.07) is 5.11. The first-order chi connectivity index (χ1) is 8.88. The number of halogens is 3. The highest BCUT2D eigenvalue weighted by atomic mass is 19.4. The van der Waals surface area contributed by atoms with Gasteiger partial charge in [-0.1, -0.05) is 18.2 Å². The summed E-state index contributed by atoms with van der Waals surface area (Å²) < 4.78 is 39.3. The second kappa shape index (κ2) is 3.87. The Kier molecular flexibility index (Phi) is 2.50. The Labute approximate surface area is 109 Å². The van der Waals surface area contributed by atoms with Gasteiger partial charge in [-0.05, 0) is 29.7 Å². The standard InChI is InChI=1S/C14H13F3N2/c1-8-11-6-12(14(15,16)17)10-5-3-4-9(13(10)11)7-19(2)18-8/h3-6,18H,7H2,1-2H3. The van der Waals surface area contributed by atoms with Crippen LogP contribution in [0.25, 0.3) is 11.1 Å². The molecule has 1 aromatic rings. The Morgan fingerprint density at radius 1 is 1.26 bits per heavy atom. The molecule has 19 heavy (non-hydrogen) atoms. The summed E-state index contributed by atoms with van der Waals surface area (Å²) >= 11 is 0. The van der Waals surface area contributed by atoms with Crippen molar-refractivity contribution in [1.29, 1.82) is 0 Å². The molecule has 0 amide bonds. The molecular formula is C14H13F3N2. The molecule has 0 bridgehead atoms. The Bertz CT molecular complexity index is 612. The fourth-order valence-corrected chi connectivity index (χ4v) is 2.74. The van der Waals surface area contributed by atoms with Crippen molar-refractivity contribution in [3.63, 3.8) is 0 Å². The molecule has 2 aliphatic rings. The molecule has 3 rings (SSSR count). The molecule has 2 nitrogen and oxygen atoms in total. The first-order valence-corrected chi connectivity index (χ1v) is 5.98. The van der Waals surface area contributed by atoms with Crippen LogP contribution in [0.3, 0.4) is 0 Å². The molecule has 1 aliphatic heterocycles. The van der Waals surface area contributed by atoms with Gasteiger partial charge in [0.2, 0.25) is 0 Å². The number of hydrogen-bond acceptors (Lipinski definition) is 2. The van der Waals surface area contributed by atoms with Gasteiger partial charge in [-0.25, -0.2) is 5.01 Å². The second-order valence-corrected chi connectivity index (χ2v) is 4.90. The van der Waals surface area contributed by atoms with Crippen LogP contribution in [0, 0.1) is 0 Å². The molecule has 1 N–H and O–H groups in total. The summed E-state index contributed by atoms with van der Waals surface area (Å²) in [7, 11) is 1.87. The van der Waals surface area contributed by atoms with Crippen molar-refractivity contribution < 1.29 is 13.2 Å². The third kappa shape index (κ3) is 1.85. The average molecular weight is 266 g/mol. The van der Waals surface area contributed by atoms with Crippen molar-refractivity contribution in [3.05, 3.63) is 46.7 Å². The third-order valence-electron chi connectivity index (χ3n) is 3.47. The molecule has 0 atom stereocenters. The van der Waals surface area contributed by atoms with Crippen molar-refractivity contribution in [2.24, 2.45) is 0 Å². The summed E-state index contributed by atoms with van der Waals surface area (Å²) in [6.07, 6.45) is -3.07. The van der Waals surface area contributed by atoms with Gasteiger partial charge in [0, 0.05) is 24.9 Å². The third-order valence-corrected chi connectivity index (χ3v) is 3.47. The normalized spacial score (nSPS) is 18.9. The van der Waals surface area contributed by atoms with E-state index < -0.39 is 11.7 Å². The molecule has 0 saturated heterocycles. The van der Waals surface area contributed by atoms with Crippen LogP contribution < -0.4 is 5.43 Å². The summed E-state index contributed by atoms with van der Waals surface area (Å²) in [4.78, 5) is 0. The number of nitrogens with zero attached hydrogens (tertiary/aromatic N) is 1. The minimum atomic E-state index is -4.32. The van der Waals surface area contributed by atoms with Crippen LogP contribution in [0.5, 0.6) is 0 Å². The molecule has 1 aromatic carbocycles. The van der Waals surface area contributed by atoms with Crippen LogP contribution in [0.2, 0.25) is 0 Å². The lowest BCUT2D eigenvalue weighted by molar-refractivity contribution is -0.0687. The second-order valence-electron chi connectivity index (χ2n) is 4.90. The number of alkyl halides is 3. The SMILES string of the molecule is CC1=C2C=C(C(F)(F)F)c3cccc(c32)CN(C)N1. The van der Waals surface area contributed by atoms with Crippen molar-refractivity contribution in [1.82, 2.24) is 10.4 Å². The molecule has 0 unspecified atom stereocenters. The van der Waals surface area contributed by atoms with Gasteiger partial charge in [0.05, 0.1) is 5.57 Å². The van der Waals surface area contributed by atoms with Crippen LogP contribution in [0.1, 0.15) is 23.6 Å². The van der Waals surface area contributed by atoms with Crippen molar-refractivity contribution in [2.45, 2.75) is 19.6 Å². The van der Waals surface area contributed by atoms with E-state index in [9.17, 15) is 13.2 Å². The quantitative estimate of drug-likeness (QED) is 0.775. The van der Waals surface area contributed by atoms with Gasteiger partial charge in [0.1, 0.15) is 0 Å². The molecule has 0 aromatic heterocycles. The molecule has 0 saturated carbocycles. The van der Waals surface area contributed by atoms with Crippen LogP contribution in [-0.2, 0) is 6.54 Å². The number of rotatable bonds is 0. The van der Waals surface area contributed by atoms with Gasteiger partial charge in [0.25, 0.3) is 0 Å². The zero-order valence-electron chi connectivity index (χ0n) is 10.6. The lowest BCUT2D eigenvalue weighted by atomic mass is 9.97.